The SMILES string of the molecule is C=CCn1c(CC(=O)Nc2cccc(C)c2)nnc1SCC(=O)c1ccc(Cl)cc1. The fourth-order valence-electron chi connectivity index (χ4n) is 2.79. The minimum absolute atomic E-state index is 0.0384. The van der Waals surface area contributed by atoms with Gasteiger partial charge in [0.15, 0.2) is 10.9 Å². The van der Waals surface area contributed by atoms with Crippen molar-refractivity contribution in [2.45, 2.75) is 25.0 Å². The zero-order valence-electron chi connectivity index (χ0n) is 16.5. The van der Waals surface area contributed by atoms with E-state index in [4.69, 9.17) is 11.6 Å². The molecule has 0 saturated carbocycles. The van der Waals surface area contributed by atoms with Gasteiger partial charge < -0.3 is 9.88 Å². The number of halogens is 1. The summed E-state index contributed by atoms with van der Waals surface area (Å²) in [7, 11) is 0. The van der Waals surface area contributed by atoms with E-state index in [2.05, 4.69) is 22.1 Å². The van der Waals surface area contributed by atoms with Crippen LogP contribution in [-0.4, -0.2) is 32.2 Å². The van der Waals surface area contributed by atoms with Crippen molar-refractivity contribution in [2.75, 3.05) is 11.1 Å². The lowest BCUT2D eigenvalue weighted by Gasteiger charge is -2.09. The second kappa shape index (κ2) is 10.2. The molecule has 0 radical (unpaired) electrons. The number of Topliss-reactive ketones (excluding diaryl/α,β-unsaturated/α-hetero) is 1. The molecule has 1 aromatic heterocycles. The molecular weight excluding hydrogens is 420 g/mol. The van der Waals surface area contributed by atoms with Crippen LogP contribution in [0.2, 0.25) is 5.02 Å². The third kappa shape index (κ3) is 5.81. The number of rotatable bonds is 9. The largest absolute Gasteiger partial charge is 0.326 e. The van der Waals surface area contributed by atoms with Gasteiger partial charge in [-0.15, -0.1) is 16.8 Å². The Labute approximate surface area is 184 Å². The molecule has 0 aliphatic rings. The van der Waals surface area contributed by atoms with Crippen molar-refractivity contribution in [3.8, 4) is 0 Å². The first kappa shape index (κ1) is 21.8. The second-order valence-corrected chi connectivity index (χ2v) is 7.99. The van der Waals surface area contributed by atoms with Gasteiger partial charge in [0.05, 0.1) is 12.2 Å². The van der Waals surface area contributed by atoms with Crippen molar-refractivity contribution in [1.82, 2.24) is 14.8 Å². The number of hydrogen-bond acceptors (Lipinski definition) is 5. The number of carbonyl (C=O) groups is 2. The van der Waals surface area contributed by atoms with Gasteiger partial charge in [-0.25, -0.2) is 0 Å². The van der Waals surface area contributed by atoms with Crippen molar-refractivity contribution in [1.29, 1.82) is 0 Å². The zero-order valence-corrected chi connectivity index (χ0v) is 18.0. The monoisotopic (exact) mass is 440 g/mol. The molecule has 0 fully saturated rings. The number of carbonyl (C=O) groups excluding carboxylic acids is 2. The van der Waals surface area contributed by atoms with Crippen LogP contribution in [0.25, 0.3) is 0 Å². The van der Waals surface area contributed by atoms with Gasteiger partial charge in [0, 0.05) is 22.8 Å². The molecule has 0 aliphatic heterocycles. The number of amides is 1. The Morgan fingerprint density at radius 1 is 1.20 bits per heavy atom. The molecule has 0 aliphatic carbocycles. The minimum atomic E-state index is -0.188. The molecule has 6 nitrogen and oxygen atoms in total. The van der Waals surface area contributed by atoms with Gasteiger partial charge in [-0.1, -0.05) is 41.6 Å². The summed E-state index contributed by atoms with van der Waals surface area (Å²) < 4.78 is 1.79. The average Bonchev–Trinajstić information content (AvgIpc) is 3.08. The maximum absolute atomic E-state index is 12.4. The molecule has 0 atom stereocenters. The van der Waals surface area contributed by atoms with Crippen LogP contribution in [0.4, 0.5) is 5.69 Å². The molecule has 0 unspecified atom stereocenters. The minimum Gasteiger partial charge on any atom is -0.326 e. The predicted molar refractivity (Wildman–Crippen MR) is 120 cm³/mol. The highest BCUT2D eigenvalue weighted by Gasteiger charge is 2.17. The summed E-state index contributed by atoms with van der Waals surface area (Å²) in [5.74, 6) is 0.490. The van der Waals surface area contributed by atoms with Crippen LogP contribution < -0.4 is 5.32 Å². The van der Waals surface area contributed by atoms with Gasteiger partial charge in [0.1, 0.15) is 5.82 Å². The number of ketones is 1. The Hall–Kier alpha value is -2.90. The van der Waals surface area contributed by atoms with Crippen LogP contribution in [0.15, 0.2) is 66.3 Å². The molecule has 8 heteroatoms. The number of anilines is 1. The van der Waals surface area contributed by atoms with E-state index in [9.17, 15) is 9.59 Å². The Kier molecular flexibility index (Phi) is 7.43. The van der Waals surface area contributed by atoms with Crippen molar-refractivity contribution < 1.29 is 9.59 Å². The van der Waals surface area contributed by atoms with E-state index in [1.54, 1.807) is 34.9 Å². The van der Waals surface area contributed by atoms with Crippen LogP contribution >= 0.6 is 23.4 Å². The zero-order chi connectivity index (χ0) is 21.5. The van der Waals surface area contributed by atoms with Gasteiger partial charge in [-0.3, -0.25) is 9.59 Å². The van der Waals surface area contributed by atoms with E-state index in [1.165, 1.54) is 11.8 Å². The summed E-state index contributed by atoms with van der Waals surface area (Å²) in [6, 6.07) is 14.3. The van der Waals surface area contributed by atoms with Crippen LogP contribution in [0, 0.1) is 6.92 Å². The molecule has 1 heterocycles. The molecule has 30 heavy (non-hydrogen) atoms. The second-order valence-electron chi connectivity index (χ2n) is 6.61. The van der Waals surface area contributed by atoms with E-state index in [0.717, 1.165) is 11.3 Å². The highest BCUT2D eigenvalue weighted by Crippen LogP contribution is 2.20. The first-order valence-corrected chi connectivity index (χ1v) is 10.6. The molecular formula is C22H21ClN4O2S. The van der Waals surface area contributed by atoms with Gasteiger partial charge in [0.2, 0.25) is 5.91 Å². The highest BCUT2D eigenvalue weighted by atomic mass is 35.5. The number of nitrogens with one attached hydrogen (secondary N) is 1. The van der Waals surface area contributed by atoms with E-state index >= 15 is 0 Å². The average molecular weight is 441 g/mol. The predicted octanol–water partition coefficient (Wildman–Crippen LogP) is 4.58. The number of aryl methyl sites for hydroxylation is 1. The Balaban J connectivity index is 1.66. The molecule has 0 saturated heterocycles. The smallest absolute Gasteiger partial charge is 0.232 e. The highest BCUT2D eigenvalue weighted by molar-refractivity contribution is 7.99. The standard InChI is InChI=1S/C22H21ClN4O2S/c1-3-11-27-20(13-21(29)24-18-6-4-5-15(2)12-18)25-26-22(27)30-14-19(28)16-7-9-17(23)10-8-16/h3-10,12H,1,11,13-14H2,2H3,(H,24,29). The Bertz CT molecular complexity index is 1060. The molecule has 1 N–H and O–H groups in total. The van der Waals surface area contributed by atoms with Crippen molar-refractivity contribution in [2.24, 2.45) is 0 Å². The fourth-order valence-corrected chi connectivity index (χ4v) is 3.78. The van der Waals surface area contributed by atoms with Crippen molar-refractivity contribution >= 4 is 40.7 Å². The van der Waals surface area contributed by atoms with Crippen LogP contribution in [0.3, 0.4) is 0 Å². The number of hydrogen-bond donors (Lipinski definition) is 1. The summed E-state index contributed by atoms with van der Waals surface area (Å²) >= 11 is 7.14. The molecule has 3 aromatic rings. The third-order valence-corrected chi connectivity index (χ3v) is 5.44. The summed E-state index contributed by atoms with van der Waals surface area (Å²) in [6.45, 7) is 6.17. The van der Waals surface area contributed by atoms with E-state index in [-0.39, 0.29) is 23.9 Å². The maximum Gasteiger partial charge on any atom is 0.232 e. The molecule has 2 aromatic carbocycles. The quantitative estimate of drug-likeness (QED) is 0.299. The molecule has 0 spiro atoms. The van der Waals surface area contributed by atoms with Crippen LogP contribution in [0.5, 0.6) is 0 Å². The van der Waals surface area contributed by atoms with E-state index < -0.39 is 0 Å². The summed E-state index contributed by atoms with van der Waals surface area (Å²) in [6.07, 6.45) is 1.77. The first-order valence-electron chi connectivity index (χ1n) is 9.27. The molecule has 0 bridgehead atoms. The Morgan fingerprint density at radius 2 is 1.97 bits per heavy atom. The van der Waals surface area contributed by atoms with Gasteiger partial charge in [0.25, 0.3) is 0 Å². The van der Waals surface area contributed by atoms with Gasteiger partial charge in [-0.2, -0.15) is 0 Å². The first-order chi connectivity index (χ1) is 14.5. The number of aromatic nitrogens is 3. The lowest BCUT2D eigenvalue weighted by Crippen LogP contribution is -2.18. The van der Waals surface area contributed by atoms with E-state index in [1.807, 2.05) is 31.2 Å². The lowest BCUT2D eigenvalue weighted by molar-refractivity contribution is -0.115. The molecule has 1 amide bonds. The number of nitrogens with zero attached hydrogens (tertiary/aromatic N) is 3. The third-order valence-electron chi connectivity index (χ3n) is 4.22. The van der Waals surface area contributed by atoms with Crippen molar-refractivity contribution in [3.63, 3.8) is 0 Å². The van der Waals surface area contributed by atoms with Crippen LogP contribution in [0.1, 0.15) is 21.7 Å². The topological polar surface area (TPSA) is 76.9 Å². The summed E-state index contributed by atoms with van der Waals surface area (Å²) in [4.78, 5) is 24.9. The van der Waals surface area contributed by atoms with Gasteiger partial charge >= 0.3 is 0 Å². The number of thioether (sulfide) groups is 1. The number of benzene rings is 2. The number of allylic oxidation sites excluding steroid dienone is 1. The van der Waals surface area contributed by atoms with Gasteiger partial charge in [-0.05, 0) is 48.9 Å². The summed E-state index contributed by atoms with van der Waals surface area (Å²) in [5.41, 5.74) is 2.38. The fraction of sp³-hybridized carbons (Fsp3) is 0.182. The maximum atomic E-state index is 12.4. The lowest BCUT2D eigenvalue weighted by atomic mass is 10.1. The van der Waals surface area contributed by atoms with E-state index in [0.29, 0.717) is 28.1 Å². The molecule has 154 valence electrons. The summed E-state index contributed by atoms with van der Waals surface area (Å²) in [5, 5.41) is 12.3. The van der Waals surface area contributed by atoms with Crippen molar-refractivity contribution in [3.05, 3.63) is 83.2 Å². The van der Waals surface area contributed by atoms with Crippen LogP contribution in [-0.2, 0) is 17.8 Å². The molecule has 3 rings (SSSR count). The normalized spacial score (nSPS) is 10.6. The Morgan fingerprint density at radius 3 is 2.67 bits per heavy atom.